The second kappa shape index (κ2) is 9.25. The number of fused-ring (bicyclic) bond motifs is 1. The second-order valence-corrected chi connectivity index (χ2v) is 10.7. The van der Waals surface area contributed by atoms with E-state index in [0.29, 0.717) is 15.6 Å². The van der Waals surface area contributed by atoms with Crippen molar-refractivity contribution in [2.75, 3.05) is 11.5 Å². The number of aromatic nitrogens is 2. The third-order valence-electron chi connectivity index (χ3n) is 4.83. The normalized spacial score (nSPS) is 12.3. The zero-order valence-corrected chi connectivity index (χ0v) is 19.3. The van der Waals surface area contributed by atoms with Crippen LogP contribution >= 0.6 is 22.7 Å². The highest BCUT2D eigenvalue weighted by atomic mass is 32.2. The van der Waals surface area contributed by atoms with Crippen LogP contribution in [-0.2, 0) is 22.0 Å². The van der Waals surface area contributed by atoms with Gasteiger partial charge < -0.3 is 10.8 Å². The van der Waals surface area contributed by atoms with E-state index >= 15 is 0 Å². The molecule has 0 aliphatic rings. The molecule has 3 N–H and O–H groups in total. The number of aliphatic carboxylic acids is 1. The Kier molecular flexibility index (Phi) is 6.45. The fourth-order valence-corrected chi connectivity index (χ4v) is 6.70. The van der Waals surface area contributed by atoms with Gasteiger partial charge in [-0.05, 0) is 29.2 Å². The Morgan fingerprint density at radius 2 is 2.03 bits per heavy atom. The Bertz CT molecular complexity index is 1250. The number of nitrogens with zero attached hydrogens (tertiary/aromatic N) is 2. The number of nitrogens with two attached hydrogens (primary N) is 1. The molecule has 4 rings (SSSR count). The standard InChI is InChI=1S/C22H21N3O3S3/c1-2-3-10-31(28)22-19(23)18-15(14-6-4-13(5-7-14)11-17(26)27)12-16(25-21(18)30-22)20-24-8-9-29-20/h4-9,12H,2-3,10-11,23H2,1H3,(H,26,27). The molecule has 0 aliphatic carbocycles. The van der Waals surface area contributed by atoms with Crippen LogP contribution < -0.4 is 5.73 Å². The number of pyridine rings is 1. The highest BCUT2D eigenvalue weighted by Crippen LogP contribution is 2.43. The first-order valence-electron chi connectivity index (χ1n) is 9.80. The average Bonchev–Trinajstić information content (AvgIpc) is 3.40. The van der Waals surface area contributed by atoms with Gasteiger partial charge in [0.05, 0.1) is 22.9 Å². The quantitative estimate of drug-likeness (QED) is 0.366. The molecule has 0 fully saturated rings. The smallest absolute Gasteiger partial charge is 0.307 e. The minimum Gasteiger partial charge on any atom is -0.481 e. The van der Waals surface area contributed by atoms with E-state index in [4.69, 9.17) is 15.8 Å². The van der Waals surface area contributed by atoms with Crippen molar-refractivity contribution in [3.63, 3.8) is 0 Å². The molecule has 3 aromatic heterocycles. The van der Waals surface area contributed by atoms with Crippen LogP contribution in [0.5, 0.6) is 0 Å². The Morgan fingerprint density at radius 3 is 2.68 bits per heavy atom. The number of thiophene rings is 1. The maximum atomic E-state index is 12.9. The summed E-state index contributed by atoms with van der Waals surface area (Å²) in [6.07, 6.45) is 3.55. The third-order valence-corrected chi connectivity index (χ3v) is 8.62. The summed E-state index contributed by atoms with van der Waals surface area (Å²) in [4.78, 5) is 20.9. The van der Waals surface area contributed by atoms with E-state index in [2.05, 4.69) is 11.9 Å². The molecule has 3 heterocycles. The summed E-state index contributed by atoms with van der Waals surface area (Å²) in [5.74, 6) is -0.294. The highest BCUT2D eigenvalue weighted by Gasteiger charge is 2.21. The lowest BCUT2D eigenvalue weighted by molar-refractivity contribution is -0.136. The minimum absolute atomic E-state index is 0.0302. The predicted octanol–water partition coefficient (Wildman–Crippen LogP) is 5.20. The molecule has 4 aromatic rings. The van der Waals surface area contributed by atoms with Crippen molar-refractivity contribution in [2.45, 2.75) is 30.4 Å². The Morgan fingerprint density at radius 1 is 1.26 bits per heavy atom. The van der Waals surface area contributed by atoms with Crippen LogP contribution in [0.2, 0.25) is 0 Å². The molecule has 0 saturated heterocycles. The van der Waals surface area contributed by atoms with Crippen molar-refractivity contribution < 1.29 is 14.1 Å². The number of rotatable bonds is 8. The third kappa shape index (κ3) is 4.53. The molecule has 1 aromatic carbocycles. The van der Waals surface area contributed by atoms with Crippen LogP contribution in [0, 0.1) is 0 Å². The zero-order chi connectivity index (χ0) is 22.0. The number of carboxylic acids is 1. The molecule has 6 nitrogen and oxygen atoms in total. The lowest BCUT2D eigenvalue weighted by Gasteiger charge is -2.08. The summed E-state index contributed by atoms with van der Waals surface area (Å²) >= 11 is 2.88. The number of nitrogen functional groups attached to an aromatic ring is 1. The van der Waals surface area contributed by atoms with E-state index in [-0.39, 0.29) is 6.42 Å². The van der Waals surface area contributed by atoms with E-state index < -0.39 is 16.8 Å². The average molecular weight is 472 g/mol. The highest BCUT2D eigenvalue weighted by molar-refractivity contribution is 7.87. The minimum atomic E-state index is -1.17. The number of anilines is 1. The van der Waals surface area contributed by atoms with Crippen LogP contribution in [0.1, 0.15) is 25.3 Å². The molecule has 0 amide bonds. The summed E-state index contributed by atoms with van der Waals surface area (Å²) in [5.41, 5.74) is 10.2. The van der Waals surface area contributed by atoms with E-state index in [1.807, 2.05) is 35.7 Å². The van der Waals surface area contributed by atoms with E-state index in [0.717, 1.165) is 50.5 Å². The lowest BCUT2D eigenvalue weighted by Crippen LogP contribution is -2.00. The summed E-state index contributed by atoms with van der Waals surface area (Å²) < 4.78 is 13.5. The number of carbonyl (C=O) groups is 1. The van der Waals surface area contributed by atoms with Gasteiger partial charge in [-0.15, -0.1) is 22.7 Å². The van der Waals surface area contributed by atoms with Gasteiger partial charge >= 0.3 is 5.97 Å². The predicted molar refractivity (Wildman–Crippen MR) is 128 cm³/mol. The van der Waals surface area contributed by atoms with Gasteiger partial charge in [0.2, 0.25) is 0 Å². The fourth-order valence-electron chi connectivity index (χ4n) is 3.30. The van der Waals surface area contributed by atoms with Crippen LogP contribution in [-0.4, -0.2) is 31.0 Å². The fraction of sp³-hybridized carbons (Fsp3) is 0.227. The molecule has 0 radical (unpaired) electrons. The Balaban J connectivity index is 1.88. The molecule has 160 valence electrons. The summed E-state index contributed by atoms with van der Waals surface area (Å²) in [6.45, 7) is 2.07. The molecule has 0 bridgehead atoms. The van der Waals surface area contributed by atoms with Gasteiger partial charge in [-0.3, -0.25) is 9.00 Å². The van der Waals surface area contributed by atoms with Gasteiger partial charge in [0, 0.05) is 22.7 Å². The molecule has 1 unspecified atom stereocenters. The van der Waals surface area contributed by atoms with E-state index in [9.17, 15) is 9.00 Å². The number of hydrogen-bond donors (Lipinski definition) is 2. The maximum Gasteiger partial charge on any atom is 0.307 e. The van der Waals surface area contributed by atoms with E-state index in [1.165, 1.54) is 22.7 Å². The number of carboxylic acid groups (broad SMARTS) is 1. The number of unbranched alkanes of at least 4 members (excludes halogenated alkanes) is 1. The molecular weight excluding hydrogens is 450 g/mol. The van der Waals surface area contributed by atoms with Gasteiger partial charge in [-0.2, -0.15) is 0 Å². The van der Waals surface area contributed by atoms with Gasteiger partial charge in [0.25, 0.3) is 0 Å². The van der Waals surface area contributed by atoms with Gasteiger partial charge in [-0.25, -0.2) is 9.97 Å². The molecule has 1 atom stereocenters. The van der Waals surface area contributed by atoms with Gasteiger partial charge in [0.15, 0.2) is 0 Å². The van der Waals surface area contributed by atoms with Crippen molar-refractivity contribution in [1.82, 2.24) is 9.97 Å². The Hall–Kier alpha value is -2.62. The summed E-state index contributed by atoms with van der Waals surface area (Å²) in [7, 11) is -1.17. The van der Waals surface area contributed by atoms with Gasteiger partial charge in [0.1, 0.15) is 19.7 Å². The first-order chi connectivity index (χ1) is 15.0. The Labute approximate surface area is 190 Å². The van der Waals surface area contributed by atoms with Crippen LogP contribution in [0.3, 0.4) is 0 Å². The van der Waals surface area contributed by atoms with Crippen molar-refractivity contribution in [1.29, 1.82) is 0 Å². The SMILES string of the molecule is CCCCS(=O)c1sc2nc(-c3nccs3)cc(-c3ccc(CC(=O)O)cc3)c2c1N. The van der Waals surface area contributed by atoms with Gasteiger partial charge in [-0.1, -0.05) is 37.6 Å². The summed E-state index contributed by atoms with van der Waals surface area (Å²) in [6, 6.07) is 9.35. The molecule has 9 heteroatoms. The lowest BCUT2D eigenvalue weighted by atomic mass is 10.00. The zero-order valence-electron chi connectivity index (χ0n) is 16.8. The van der Waals surface area contributed by atoms with Crippen molar-refractivity contribution in [3.8, 4) is 21.8 Å². The molecule has 31 heavy (non-hydrogen) atoms. The first kappa shape index (κ1) is 21.6. The number of benzene rings is 1. The van der Waals surface area contributed by atoms with Crippen molar-refractivity contribution >= 4 is 55.3 Å². The second-order valence-electron chi connectivity index (χ2n) is 7.05. The maximum absolute atomic E-state index is 12.9. The number of hydrogen-bond acceptors (Lipinski definition) is 7. The largest absolute Gasteiger partial charge is 0.481 e. The molecule has 0 aliphatic heterocycles. The van der Waals surface area contributed by atoms with Crippen molar-refractivity contribution in [3.05, 3.63) is 47.5 Å². The summed E-state index contributed by atoms with van der Waals surface area (Å²) in [5, 5.41) is 12.5. The first-order valence-corrected chi connectivity index (χ1v) is 12.8. The van der Waals surface area contributed by atoms with Crippen LogP contribution in [0.15, 0.2) is 46.1 Å². The molecule has 0 saturated carbocycles. The topological polar surface area (TPSA) is 106 Å². The van der Waals surface area contributed by atoms with Crippen molar-refractivity contribution in [2.24, 2.45) is 0 Å². The van der Waals surface area contributed by atoms with Crippen LogP contribution in [0.4, 0.5) is 5.69 Å². The van der Waals surface area contributed by atoms with E-state index in [1.54, 1.807) is 6.20 Å². The van der Waals surface area contributed by atoms with Crippen LogP contribution in [0.25, 0.3) is 32.0 Å². The molecule has 0 spiro atoms. The number of thiazole rings is 1. The molecular formula is C22H21N3O3S3. The monoisotopic (exact) mass is 471 g/mol.